The molecule has 19 aromatic rings. The van der Waals surface area contributed by atoms with E-state index in [0.29, 0.717) is 17.3 Å². The predicted molar refractivity (Wildman–Crippen MR) is 407 cm³/mol. The van der Waals surface area contributed by atoms with Crippen molar-refractivity contribution in [2.45, 2.75) is 0 Å². The van der Waals surface area contributed by atoms with E-state index < -0.39 is 18.1 Å². The fraction of sp³-hybridized carbons (Fsp3) is 0. The lowest BCUT2D eigenvalue weighted by Crippen LogP contribution is -2.01. The first kappa shape index (κ1) is 50.3. The molecule has 0 saturated heterocycles. The predicted octanol–water partition coefficient (Wildman–Crippen LogP) is 23.9. The molecule has 0 spiro atoms. The van der Waals surface area contributed by atoms with Crippen LogP contribution in [0, 0.1) is 0 Å². The van der Waals surface area contributed by atoms with E-state index in [1.54, 1.807) is 6.07 Å². The number of nitrogens with zero attached hydrogens (tertiary/aromatic N) is 6. The van der Waals surface area contributed by atoms with E-state index in [1.165, 1.54) is 109 Å². The van der Waals surface area contributed by atoms with Gasteiger partial charge in [0.1, 0.15) is 0 Å². The number of hydrogen-bond acceptors (Lipinski definition) is 4. The van der Waals surface area contributed by atoms with Crippen LogP contribution in [0.5, 0.6) is 0 Å². The number of benzene rings is 15. The van der Waals surface area contributed by atoms with Crippen molar-refractivity contribution in [1.29, 1.82) is 0 Å². The molecule has 6 heteroatoms. The second-order valence-corrected chi connectivity index (χ2v) is 25.1. The van der Waals surface area contributed by atoms with Crippen LogP contribution in [0.25, 0.3) is 200 Å². The molecule has 15 aromatic carbocycles. The molecule has 0 atom stereocenters. The van der Waals surface area contributed by atoms with Crippen LogP contribution in [0.4, 0.5) is 0 Å². The summed E-state index contributed by atoms with van der Waals surface area (Å²) in [5, 5.41) is 12.3. The molecule has 0 N–H and O–H groups in total. The van der Waals surface area contributed by atoms with Crippen LogP contribution < -0.4 is 0 Å². The molecular formula is C92H56N6. The molecule has 2 aliphatic rings. The minimum atomic E-state index is -0.446. The monoisotopic (exact) mass is 1250 g/mol. The van der Waals surface area contributed by atoms with Gasteiger partial charge in [0.15, 0.2) is 11.6 Å². The second kappa shape index (κ2) is 22.2. The highest BCUT2D eigenvalue weighted by molar-refractivity contribution is 6.32. The number of rotatable bonds is 8. The van der Waals surface area contributed by atoms with E-state index in [2.05, 4.69) is 258 Å². The quantitative estimate of drug-likeness (QED) is 0.152. The Balaban J connectivity index is 0.000000138. The third-order valence-corrected chi connectivity index (χ3v) is 19.8. The standard InChI is InChI=1S/C48H29N3.C44H27N3/c1-2-13-31(14-3-1)40-29-41(34-25-24-30-12-4-5-15-33(30)28-34)50-48(49-40)39-19-8-9-22-42(39)51-43-23-11-21-38-36-18-7-6-17-35(36)37-20-10-16-32-26-27-44(51)47(45(32)37)46(38)43;1-3-13-28(14-4-1)36-27-37(46-44(45-36)30-15-5-2-6-16-30)35-20-9-10-23-38(35)47-39-24-12-22-34-32-19-8-7-18-31(32)33-21-11-17-29-25-26-40(47)43(41(29)33)42(34)39/h1-29H;1-27H/i;1D,3D,4D,13D,14D. The van der Waals surface area contributed by atoms with Gasteiger partial charge in [-0.05, 0) is 137 Å². The highest BCUT2D eigenvalue weighted by Gasteiger charge is 2.29. The molecule has 98 heavy (non-hydrogen) atoms. The van der Waals surface area contributed by atoms with Crippen molar-refractivity contribution in [3.05, 3.63) is 340 Å². The lowest BCUT2D eigenvalue weighted by molar-refractivity contribution is 1.14. The molecule has 0 fully saturated rings. The molecule has 0 aliphatic heterocycles. The fourth-order valence-corrected chi connectivity index (χ4v) is 15.5. The molecule has 2 aliphatic carbocycles. The second-order valence-electron chi connectivity index (χ2n) is 25.1. The third kappa shape index (κ3) is 8.68. The highest BCUT2D eigenvalue weighted by atomic mass is 15.0. The maximum atomic E-state index is 8.78. The summed E-state index contributed by atoms with van der Waals surface area (Å²) in [6, 6.07) is 107. The van der Waals surface area contributed by atoms with Gasteiger partial charge < -0.3 is 9.13 Å². The van der Waals surface area contributed by atoms with Gasteiger partial charge in [-0.15, -0.1) is 0 Å². The van der Waals surface area contributed by atoms with Crippen molar-refractivity contribution in [3.8, 4) is 124 Å². The van der Waals surface area contributed by atoms with Crippen LogP contribution in [0.1, 0.15) is 6.85 Å². The minimum absolute atomic E-state index is 0.0330. The van der Waals surface area contributed by atoms with E-state index in [1.807, 2.05) is 54.6 Å². The van der Waals surface area contributed by atoms with Gasteiger partial charge in [-0.1, -0.05) is 279 Å². The number of hydrogen-bond donors (Lipinski definition) is 0. The molecular weight excluding hydrogens is 1190 g/mol. The van der Waals surface area contributed by atoms with Crippen LogP contribution in [0.2, 0.25) is 0 Å². The average Bonchev–Trinajstić information content (AvgIpc) is 1.55. The topological polar surface area (TPSA) is 61.4 Å². The Labute approximate surface area is 572 Å². The van der Waals surface area contributed by atoms with Gasteiger partial charge in [0, 0.05) is 54.9 Å². The van der Waals surface area contributed by atoms with Gasteiger partial charge in [-0.25, -0.2) is 19.9 Å². The normalized spacial score (nSPS) is 12.6. The molecule has 454 valence electrons. The Morgan fingerprint density at radius 1 is 0.214 bits per heavy atom. The summed E-state index contributed by atoms with van der Waals surface area (Å²) in [5.41, 5.74) is 23.6. The van der Waals surface area contributed by atoms with Crippen molar-refractivity contribution >= 4 is 75.9 Å². The molecule has 0 saturated carbocycles. The van der Waals surface area contributed by atoms with Crippen LogP contribution in [-0.4, -0.2) is 29.1 Å². The van der Waals surface area contributed by atoms with Gasteiger partial charge in [0.05, 0.1) is 63.1 Å². The lowest BCUT2D eigenvalue weighted by atomic mass is 9.93. The van der Waals surface area contributed by atoms with E-state index >= 15 is 0 Å². The van der Waals surface area contributed by atoms with Gasteiger partial charge in [-0.3, -0.25) is 0 Å². The summed E-state index contributed by atoms with van der Waals surface area (Å²) < 4.78 is 47.3. The molecule has 4 aromatic heterocycles. The van der Waals surface area contributed by atoms with Crippen molar-refractivity contribution in [3.63, 3.8) is 0 Å². The molecule has 0 bridgehead atoms. The Bertz CT molecular complexity index is 6790. The summed E-state index contributed by atoms with van der Waals surface area (Å²) >= 11 is 0. The largest absolute Gasteiger partial charge is 0.309 e. The average molecular weight is 1250 g/mol. The van der Waals surface area contributed by atoms with Gasteiger partial charge in [0.2, 0.25) is 0 Å². The van der Waals surface area contributed by atoms with Gasteiger partial charge >= 0.3 is 0 Å². The Morgan fingerprint density at radius 2 is 0.602 bits per heavy atom. The zero-order valence-corrected chi connectivity index (χ0v) is 52.6. The van der Waals surface area contributed by atoms with E-state index in [-0.39, 0.29) is 23.3 Å². The Kier molecular flexibility index (Phi) is 11.4. The summed E-state index contributed by atoms with van der Waals surface area (Å²) in [6.07, 6.45) is 0. The molecule has 4 heterocycles. The fourth-order valence-electron chi connectivity index (χ4n) is 15.5. The summed E-state index contributed by atoms with van der Waals surface area (Å²) in [7, 11) is 0. The minimum Gasteiger partial charge on any atom is -0.309 e. The summed E-state index contributed by atoms with van der Waals surface area (Å²) in [6.45, 7) is 0. The molecule has 21 rings (SSSR count). The number of aromatic nitrogens is 6. The number of fused-ring (bicyclic) bond motifs is 7. The van der Waals surface area contributed by atoms with Gasteiger partial charge in [-0.2, -0.15) is 0 Å². The first-order valence-electron chi connectivity index (χ1n) is 35.5. The first-order valence-corrected chi connectivity index (χ1v) is 33.0. The lowest BCUT2D eigenvalue weighted by Gasteiger charge is -2.16. The van der Waals surface area contributed by atoms with Crippen molar-refractivity contribution < 1.29 is 6.85 Å². The first-order chi connectivity index (χ1) is 50.7. The highest BCUT2D eigenvalue weighted by Crippen LogP contribution is 2.53. The van der Waals surface area contributed by atoms with Crippen molar-refractivity contribution in [2.24, 2.45) is 0 Å². The molecule has 0 amide bonds. The maximum Gasteiger partial charge on any atom is 0.162 e. The number of para-hydroxylation sites is 2. The van der Waals surface area contributed by atoms with E-state index in [4.69, 9.17) is 26.8 Å². The van der Waals surface area contributed by atoms with E-state index in [0.717, 1.165) is 61.6 Å². The Morgan fingerprint density at radius 3 is 1.18 bits per heavy atom. The molecule has 0 radical (unpaired) electrons. The van der Waals surface area contributed by atoms with Crippen LogP contribution in [0.15, 0.2) is 340 Å². The third-order valence-electron chi connectivity index (χ3n) is 19.8. The molecule has 0 unspecified atom stereocenters. The SMILES string of the molecule is [2H]c1c([2H])c([2H])c(-c2cc(-c3ccccc3-n3c4cccc5c4c4c6c(cccc6ccc43)-c3ccccc3-5)nc(-c3ccccc3)n2)c([2H])c1[2H].c1ccc(-c2cc(-c3ccc4ccccc4c3)nc(-c3ccccc3-n3c4cccc5c4c4c6c(cccc6ccc43)-c3ccccc3-5)n2)cc1. The van der Waals surface area contributed by atoms with Crippen LogP contribution in [-0.2, 0) is 0 Å². The summed E-state index contributed by atoms with van der Waals surface area (Å²) in [5.74, 6) is 1.08. The smallest absolute Gasteiger partial charge is 0.162 e. The van der Waals surface area contributed by atoms with Crippen molar-refractivity contribution in [2.75, 3.05) is 0 Å². The molecule has 6 nitrogen and oxygen atoms in total. The van der Waals surface area contributed by atoms with Gasteiger partial charge in [0.25, 0.3) is 0 Å². The maximum absolute atomic E-state index is 8.78. The van der Waals surface area contributed by atoms with Crippen LogP contribution in [0.3, 0.4) is 0 Å². The zero-order valence-electron chi connectivity index (χ0n) is 57.6. The zero-order chi connectivity index (χ0) is 68.7. The Hall–Kier alpha value is -13.2. The van der Waals surface area contributed by atoms with Crippen molar-refractivity contribution in [1.82, 2.24) is 29.1 Å². The van der Waals surface area contributed by atoms with Crippen LogP contribution >= 0.6 is 0 Å². The summed E-state index contributed by atoms with van der Waals surface area (Å²) in [4.78, 5) is 20.5. The van der Waals surface area contributed by atoms with E-state index in [9.17, 15) is 0 Å².